The first-order valence-electron chi connectivity index (χ1n) is 11.4. The Morgan fingerprint density at radius 2 is 1.97 bits per heavy atom. The molecule has 2 aromatic carbocycles. The third kappa shape index (κ3) is 6.04. The summed E-state index contributed by atoms with van der Waals surface area (Å²) in [4.78, 5) is 30.4. The van der Waals surface area contributed by atoms with E-state index in [1.54, 1.807) is 13.0 Å². The van der Waals surface area contributed by atoms with Gasteiger partial charge in [-0.3, -0.25) is 4.79 Å². The van der Waals surface area contributed by atoms with Crippen molar-refractivity contribution in [2.24, 2.45) is 10.9 Å². The molecule has 0 spiro atoms. The number of hydrogen-bond donors (Lipinski definition) is 1. The average Bonchev–Trinajstić information content (AvgIpc) is 2.87. The van der Waals surface area contributed by atoms with Gasteiger partial charge in [0.1, 0.15) is 18.3 Å². The van der Waals surface area contributed by atoms with Crippen LogP contribution in [-0.4, -0.2) is 36.4 Å². The third-order valence-corrected chi connectivity index (χ3v) is 6.81. The molecule has 0 radical (unpaired) electrons. The van der Waals surface area contributed by atoms with Crippen LogP contribution in [0.4, 0.5) is 5.69 Å². The number of thioether (sulfide) groups is 1. The zero-order valence-electron chi connectivity index (χ0n) is 20.8. The maximum atomic E-state index is 13.0. The fourth-order valence-corrected chi connectivity index (χ4v) is 4.94. The molecule has 0 bridgehead atoms. The number of amides is 1. The minimum Gasteiger partial charge on any atom is -0.496 e. The van der Waals surface area contributed by atoms with Gasteiger partial charge in [0.05, 0.1) is 29.5 Å². The molecule has 3 rings (SSSR count). The van der Waals surface area contributed by atoms with Crippen molar-refractivity contribution in [1.82, 2.24) is 0 Å². The quantitative estimate of drug-likeness (QED) is 0.386. The molecule has 0 aromatic heterocycles. The Morgan fingerprint density at radius 3 is 2.67 bits per heavy atom. The van der Waals surface area contributed by atoms with Crippen LogP contribution in [0, 0.1) is 31.1 Å². The Kier molecular flexibility index (Phi) is 9.09. The summed E-state index contributed by atoms with van der Waals surface area (Å²) >= 11 is 1.19. The van der Waals surface area contributed by atoms with Crippen molar-refractivity contribution in [3.63, 3.8) is 0 Å². The predicted octanol–water partition coefficient (Wildman–Crippen LogP) is 5.32. The lowest BCUT2D eigenvalue weighted by Gasteiger charge is -2.30. The van der Waals surface area contributed by atoms with E-state index in [1.807, 2.05) is 50.2 Å². The zero-order chi connectivity index (χ0) is 26.2. The van der Waals surface area contributed by atoms with E-state index >= 15 is 0 Å². The van der Waals surface area contributed by atoms with Crippen LogP contribution in [0.15, 0.2) is 71.4 Å². The number of allylic oxidation sites excluding steroid dienone is 1. The van der Waals surface area contributed by atoms with Crippen molar-refractivity contribution >= 4 is 34.4 Å². The second-order valence-electron chi connectivity index (χ2n) is 8.32. The number of nitrogens with one attached hydrogen (secondary N) is 1. The lowest BCUT2D eigenvalue weighted by Crippen LogP contribution is -2.30. The summed E-state index contributed by atoms with van der Waals surface area (Å²) in [6.45, 7) is 9.22. The van der Waals surface area contributed by atoms with E-state index < -0.39 is 17.8 Å². The van der Waals surface area contributed by atoms with Gasteiger partial charge in [0.25, 0.3) is 0 Å². The SMILES string of the molecule is C=CCOC(=O)C1=C(C)N=C(SCC(=O)Nc2cc(C)ccc2C)C(C#N)[C@@H]1c1ccccc1OC. The van der Waals surface area contributed by atoms with E-state index in [0.717, 1.165) is 16.8 Å². The second kappa shape index (κ2) is 12.2. The van der Waals surface area contributed by atoms with Crippen LogP contribution >= 0.6 is 11.8 Å². The highest BCUT2D eigenvalue weighted by molar-refractivity contribution is 8.14. The lowest BCUT2D eigenvalue weighted by atomic mass is 9.78. The number of carbonyl (C=O) groups excluding carboxylic acids is 2. The standard InChI is InChI=1S/C28H29N3O4S/c1-6-13-35-28(33)25-19(4)30-27(21(15-29)26(25)20-9-7-8-10-23(20)34-5)36-16-24(32)31-22-14-17(2)11-12-18(22)3/h6-12,14,21,26H,1,13,16H2,2-5H3,(H,31,32)/t21?,26-/m0/s1. The summed E-state index contributed by atoms with van der Waals surface area (Å²) in [6.07, 6.45) is 1.48. The molecule has 1 aliphatic rings. The van der Waals surface area contributed by atoms with Gasteiger partial charge < -0.3 is 14.8 Å². The van der Waals surface area contributed by atoms with Crippen LogP contribution in [0.1, 0.15) is 29.5 Å². The summed E-state index contributed by atoms with van der Waals surface area (Å²) in [5.74, 6) is -1.65. The molecule has 1 aliphatic heterocycles. The van der Waals surface area contributed by atoms with E-state index in [0.29, 0.717) is 22.1 Å². The Morgan fingerprint density at radius 1 is 1.22 bits per heavy atom. The van der Waals surface area contributed by atoms with Gasteiger partial charge in [0.15, 0.2) is 0 Å². The molecule has 7 nitrogen and oxygen atoms in total. The van der Waals surface area contributed by atoms with E-state index in [9.17, 15) is 14.9 Å². The van der Waals surface area contributed by atoms with E-state index in [2.05, 4.69) is 23.0 Å². The molecule has 1 unspecified atom stereocenters. The number of methoxy groups -OCH3 is 1. The highest BCUT2D eigenvalue weighted by Gasteiger charge is 2.41. The topological polar surface area (TPSA) is 101 Å². The largest absolute Gasteiger partial charge is 0.496 e. The van der Waals surface area contributed by atoms with Gasteiger partial charge in [-0.25, -0.2) is 9.79 Å². The third-order valence-electron chi connectivity index (χ3n) is 5.76. The number of aryl methyl sites for hydroxylation is 2. The number of carbonyl (C=O) groups is 2. The second-order valence-corrected chi connectivity index (χ2v) is 9.31. The van der Waals surface area contributed by atoms with Gasteiger partial charge in [-0.05, 0) is 44.0 Å². The van der Waals surface area contributed by atoms with Crippen LogP contribution in [-0.2, 0) is 14.3 Å². The van der Waals surface area contributed by atoms with Crippen molar-refractivity contribution in [3.8, 4) is 11.8 Å². The highest BCUT2D eigenvalue weighted by atomic mass is 32.2. The molecule has 0 aliphatic carbocycles. The first-order chi connectivity index (χ1) is 17.3. The van der Waals surface area contributed by atoms with Gasteiger partial charge in [-0.15, -0.1) is 0 Å². The number of benzene rings is 2. The molecule has 1 amide bonds. The average molecular weight is 504 g/mol. The smallest absolute Gasteiger partial charge is 0.336 e. The van der Waals surface area contributed by atoms with E-state index in [4.69, 9.17) is 9.47 Å². The van der Waals surface area contributed by atoms with Crippen molar-refractivity contribution in [3.05, 3.63) is 83.1 Å². The van der Waals surface area contributed by atoms with Gasteiger partial charge in [0.2, 0.25) is 5.91 Å². The Labute approximate surface area is 215 Å². The molecule has 8 heteroatoms. The Hall–Kier alpha value is -3.83. The minimum absolute atomic E-state index is 0.0371. The maximum Gasteiger partial charge on any atom is 0.336 e. The maximum absolute atomic E-state index is 13.0. The predicted molar refractivity (Wildman–Crippen MR) is 143 cm³/mol. The molecule has 2 aromatic rings. The fraction of sp³-hybridized carbons (Fsp3) is 0.286. The number of esters is 1. The summed E-state index contributed by atoms with van der Waals surface area (Å²) in [5, 5.41) is 13.6. The summed E-state index contributed by atoms with van der Waals surface area (Å²) in [7, 11) is 1.54. The molecule has 2 atom stereocenters. The van der Waals surface area contributed by atoms with Crippen molar-refractivity contribution in [1.29, 1.82) is 5.26 Å². The van der Waals surface area contributed by atoms with E-state index in [-0.39, 0.29) is 23.8 Å². The molecule has 186 valence electrons. The number of nitrogens with zero attached hydrogens (tertiary/aromatic N) is 2. The number of rotatable bonds is 8. The Balaban J connectivity index is 1.94. The molecule has 0 saturated heterocycles. The summed E-state index contributed by atoms with van der Waals surface area (Å²) in [6, 6.07) is 15.4. The van der Waals surface area contributed by atoms with Gasteiger partial charge in [0, 0.05) is 22.9 Å². The summed E-state index contributed by atoms with van der Waals surface area (Å²) in [5.41, 5.74) is 4.14. The van der Waals surface area contributed by atoms with Crippen LogP contribution < -0.4 is 10.1 Å². The highest BCUT2D eigenvalue weighted by Crippen LogP contribution is 2.44. The Bertz CT molecular complexity index is 1280. The minimum atomic E-state index is -0.810. The molecule has 1 heterocycles. The van der Waals surface area contributed by atoms with Crippen LogP contribution in [0.3, 0.4) is 0 Å². The van der Waals surface area contributed by atoms with Crippen molar-refractivity contribution < 1.29 is 19.1 Å². The van der Waals surface area contributed by atoms with Crippen LogP contribution in [0.25, 0.3) is 0 Å². The number of anilines is 1. The summed E-state index contributed by atoms with van der Waals surface area (Å²) < 4.78 is 10.9. The molecule has 36 heavy (non-hydrogen) atoms. The normalized spacial score (nSPS) is 17.0. The van der Waals surface area contributed by atoms with Crippen molar-refractivity contribution in [2.75, 3.05) is 24.8 Å². The monoisotopic (exact) mass is 503 g/mol. The molecular weight excluding hydrogens is 474 g/mol. The van der Waals surface area contributed by atoms with Crippen LogP contribution in [0.2, 0.25) is 0 Å². The van der Waals surface area contributed by atoms with Crippen molar-refractivity contribution in [2.45, 2.75) is 26.7 Å². The molecular formula is C28H29N3O4S. The zero-order valence-corrected chi connectivity index (χ0v) is 21.6. The fourth-order valence-electron chi connectivity index (χ4n) is 4.02. The van der Waals surface area contributed by atoms with Crippen LogP contribution in [0.5, 0.6) is 5.75 Å². The molecule has 0 fully saturated rings. The number of para-hydroxylation sites is 1. The number of aliphatic imine (C=N–C) groups is 1. The van der Waals surface area contributed by atoms with E-state index in [1.165, 1.54) is 24.9 Å². The first-order valence-corrected chi connectivity index (χ1v) is 12.4. The number of hydrogen-bond acceptors (Lipinski definition) is 7. The van der Waals surface area contributed by atoms with Gasteiger partial charge >= 0.3 is 5.97 Å². The van der Waals surface area contributed by atoms with Gasteiger partial charge in [-0.2, -0.15) is 5.26 Å². The number of nitriles is 1. The van der Waals surface area contributed by atoms with Gasteiger partial charge in [-0.1, -0.05) is 54.7 Å². The lowest BCUT2D eigenvalue weighted by molar-refractivity contribution is -0.138. The molecule has 1 N–H and O–H groups in total. The molecule has 0 saturated carbocycles. The number of ether oxygens (including phenoxy) is 2. The first kappa shape index (κ1) is 26.8.